The molecule has 0 spiro atoms. The molecule has 144 valence electrons. The van der Waals surface area contributed by atoms with Crippen LogP contribution < -0.4 is 16.0 Å². The molecule has 2 rings (SSSR count). The van der Waals surface area contributed by atoms with Crippen LogP contribution >= 0.6 is 23.4 Å². The average Bonchev–Trinajstić information content (AvgIpc) is 2.65. The van der Waals surface area contributed by atoms with Crippen molar-refractivity contribution in [3.63, 3.8) is 0 Å². The Morgan fingerprint density at radius 2 is 1.77 bits per heavy atom. The standard InChI is InChI=1S/C19H28ClN3O2S/c20-15-8-10-17(11-9-15)26-14-13-21-18(24)7-4-12-22-19(25)23-16-5-2-1-3-6-16/h8-11,16H,1-7,12-14H2,(H,21,24)(H2,22,23,25). The van der Waals surface area contributed by atoms with Crippen LogP contribution in [0.15, 0.2) is 29.2 Å². The lowest BCUT2D eigenvalue weighted by atomic mass is 9.96. The topological polar surface area (TPSA) is 70.2 Å². The summed E-state index contributed by atoms with van der Waals surface area (Å²) in [6.07, 6.45) is 6.88. The van der Waals surface area contributed by atoms with Crippen molar-refractivity contribution in [2.24, 2.45) is 0 Å². The molecule has 0 saturated heterocycles. The highest BCUT2D eigenvalue weighted by Gasteiger charge is 2.15. The summed E-state index contributed by atoms with van der Waals surface area (Å²) in [5, 5.41) is 9.47. The van der Waals surface area contributed by atoms with Gasteiger partial charge in [-0.25, -0.2) is 4.79 Å². The number of urea groups is 1. The highest BCUT2D eigenvalue weighted by molar-refractivity contribution is 7.99. The molecule has 0 unspecified atom stereocenters. The van der Waals surface area contributed by atoms with E-state index in [1.165, 1.54) is 19.3 Å². The fraction of sp³-hybridized carbons (Fsp3) is 0.579. The van der Waals surface area contributed by atoms with Gasteiger partial charge in [0.2, 0.25) is 5.91 Å². The van der Waals surface area contributed by atoms with Gasteiger partial charge in [0.25, 0.3) is 0 Å². The van der Waals surface area contributed by atoms with Crippen LogP contribution in [0, 0.1) is 0 Å². The van der Waals surface area contributed by atoms with Crippen LogP contribution in [-0.4, -0.2) is 36.8 Å². The average molecular weight is 398 g/mol. The molecule has 0 aliphatic heterocycles. The molecule has 1 aliphatic carbocycles. The van der Waals surface area contributed by atoms with E-state index >= 15 is 0 Å². The van der Waals surface area contributed by atoms with Gasteiger partial charge < -0.3 is 16.0 Å². The lowest BCUT2D eigenvalue weighted by Crippen LogP contribution is -2.43. The fourth-order valence-corrected chi connectivity index (χ4v) is 3.81. The molecule has 0 radical (unpaired) electrons. The third kappa shape index (κ3) is 8.81. The summed E-state index contributed by atoms with van der Waals surface area (Å²) in [5.74, 6) is 0.839. The second-order valence-corrected chi connectivity index (χ2v) is 8.10. The Hall–Kier alpha value is -1.40. The lowest BCUT2D eigenvalue weighted by molar-refractivity contribution is -0.121. The zero-order chi connectivity index (χ0) is 18.6. The maximum atomic E-state index is 11.8. The molecule has 0 bridgehead atoms. The first-order chi connectivity index (χ1) is 12.6. The number of rotatable bonds is 9. The molecule has 1 saturated carbocycles. The monoisotopic (exact) mass is 397 g/mol. The Morgan fingerprint density at radius 3 is 2.50 bits per heavy atom. The van der Waals surface area contributed by atoms with Gasteiger partial charge in [-0.2, -0.15) is 0 Å². The Labute approximate surface area is 165 Å². The normalized spacial score (nSPS) is 14.7. The molecule has 1 aliphatic rings. The minimum atomic E-state index is -0.114. The molecule has 0 aromatic heterocycles. The number of halogens is 1. The van der Waals surface area contributed by atoms with E-state index in [9.17, 15) is 9.59 Å². The van der Waals surface area contributed by atoms with E-state index in [-0.39, 0.29) is 11.9 Å². The van der Waals surface area contributed by atoms with Crippen molar-refractivity contribution in [1.29, 1.82) is 0 Å². The minimum Gasteiger partial charge on any atom is -0.355 e. The maximum Gasteiger partial charge on any atom is 0.315 e. The largest absolute Gasteiger partial charge is 0.355 e. The number of benzene rings is 1. The summed E-state index contributed by atoms with van der Waals surface area (Å²) in [5.41, 5.74) is 0. The number of amides is 3. The first-order valence-corrected chi connectivity index (χ1v) is 10.7. The van der Waals surface area contributed by atoms with Crippen LogP contribution in [0.2, 0.25) is 5.02 Å². The van der Waals surface area contributed by atoms with Crippen molar-refractivity contribution < 1.29 is 9.59 Å². The quantitative estimate of drug-likeness (QED) is 0.436. The van der Waals surface area contributed by atoms with Gasteiger partial charge in [-0.15, -0.1) is 11.8 Å². The summed E-state index contributed by atoms with van der Waals surface area (Å²) < 4.78 is 0. The van der Waals surface area contributed by atoms with Crippen LogP contribution in [0.5, 0.6) is 0 Å². The summed E-state index contributed by atoms with van der Waals surface area (Å²) >= 11 is 7.53. The second-order valence-electron chi connectivity index (χ2n) is 6.49. The van der Waals surface area contributed by atoms with Crippen molar-refractivity contribution in [3.05, 3.63) is 29.3 Å². The molecule has 7 heteroatoms. The maximum absolute atomic E-state index is 11.8. The molecule has 5 nitrogen and oxygen atoms in total. The number of hydrogen-bond donors (Lipinski definition) is 3. The molecule has 1 fully saturated rings. The second kappa shape index (κ2) is 12.1. The number of nitrogens with one attached hydrogen (secondary N) is 3. The van der Waals surface area contributed by atoms with Crippen molar-refractivity contribution in [2.75, 3.05) is 18.8 Å². The molecular weight excluding hydrogens is 370 g/mol. The van der Waals surface area contributed by atoms with Gasteiger partial charge in [-0.05, 0) is 43.5 Å². The van der Waals surface area contributed by atoms with Crippen molar-refractivity contribution in [2.45, 2.75) is 55.9 Å². The van der Waals surface area contributed by atoms with Crippen molar-refractivity contribution in [1.82, 2.24) is 16.0 Å². The summed E-state index contributed by atoms with van der Waals surface area (Å²) in [6.45, 7) is 1.15. The summed E-state index contributed by atoms with van der Waals surface area (Å²) in [4.78, 5) is 24.7. The summed E-state index contributed by atoms with van der Waals surface area (Å²) in [7, 11) is 0. The number of thioether (sulfide) groups is 1. The lowest BCUT2D eigenvalue weighted by Gasteiger charge is -2.22. The van der Waals surface area contributed by atoms with Gasteiger partial charge in [-0.3, -0.25) is 4.79 Å². The summed E-state index contributed by atoms with van der Waals surface area (Å²) in [6, 6.07) is 7.86. The Morgan fingerprint density at radius 1 is 1.04 bits per heavy atom. The van der Waals surface area contributed by atoms with Gasteiger partial charge in [0.15, 0.2) is 0 Å². The Kier molecular flexibility index (Phi) is 9.71. The molecule has 0 heterocycles. The van der Waals surface area contributed by atoms with Crippen molar-refractivity contribution >= 4 is 35.3 Å². The molecule has 26 heavy (non-hydrogen) atoms. The van der Waals surface area contributed by atoms with Gasteiger partial charge in [0.05, 0.1) is 0 Å². The molecule has 1 aromatic carbocycles. The first-order valence-electron chi connectivity index (χ1n) is 9.33. The van der Waals surface area contributed by atoms with E-state index in [1.807, 2.05) is 24.3 Å². The predicted molar refractivity (Wildman–Crippen MR) is 108 cm³/mol. The third-order valence-corrected chi connectivity index (χ3v) is 5.58. The molecule has 3 amide bonds. The minimum absolute atomic E-state index is 0.0243. The zero-order valence-electron chi connectivity index (χ0n) is 15.1. The van der Waals surface area contributed by atoms with Crippen LogP contribution in [0.1, 0.15) is 44.9 Å². The van der Waals surface area contributed by atoms with Gasteiger partial charge in [-0.1, -0.05) is 30.9 Å². The molecule has 0 atom stereocenters. The van der Waals surface area contributed by atoms with E-state index in [0.29, 0.717) is 32.0 Å². The van der Waals surface area contributed by atoms with Gasteiger partial charge in [0.1, 0.15) is 0 Å². The van der Waals surface area contributed by atoms with Crippen LogP contribution in [0.3, 0.4) is 0 Å². The predicted octanol–water partition coefficient (Wildman–Crippen LogP) is 3.96. The van der Waals surface area contributed by atoms with E-state index in [1.54, 1.807) is 11.8 Å². The van der Waals surface area contributed by atoms with Crippen LogP contribution in [-0.2, 0) is 4.79 Å². The highest BCUT2D eigenvalue weighted by Crippen LogP contribution is 2.19. The number of carbonyl (C=O) groups is 2. The third-order valence-electron chi connectivity index (χ3n) is 4.31. The van der Waals surface area contributed by atoms with Crippen LogP contribution in [0.4, 0.5) is 4.79 Å². The first kappa shape index (κ1) is 20.9. The van der Waals surface area contributed by atoms with Crippen LogP contribution in [0.25, 0.3) is 0 Å². The zero-order valence-corrected chi connectivity index (χ0v) is 16.6. The molecule has 3 N–H and O–H groups in total. The Balaban J connectivity index is 1.45. The van der Waals surface area contributed by atoms with Gasteiger partial charge >= 0.3 is 6.03 Å². The van der Waals surface area contributed by atoms with E-state index in [0.717, 1.165) is 28.5 Å². The highest BCUT2D eigenvalue weighted by atomic mass is 35.5. The molecular formula is C19H28ClN3O2S. The number of hydrogen-bond acceptors (Lipinski definition) is 3. The number of carbonyl (C=O) groups excluding carboxylic acids is 2. The SMILES string of the molecule is O=C(CCCNC(=O)NC1CCCCC1)NCCSc1ccc(Cl)cc1. The van der Waals surface area contributed by atoms with E-state index in [2.05, 4.69) is 16.0 Å². The van der Waals surface area contributed by atoms with E-state index < -0.39 is 0 Å². The van der Waals surface area contributed by atoms with E-state index in [4.69, 9.17) is 11.6 Å². The molecule has 1 aromatic rings. The van der Waals surface area contributed by atoms with Gasteiger partial charge in [0, 0.05) is 41.2 Å². The Bertz CT molecular complexity index is 562. The smallest absolute Gasteiger partial charge is 0.315 e. The fourth-order valence-electron chi connectivity index (χ4n) is 2.91. The van der Waals surface area contributed by atoms with Crippen molar-refractivity contribution in [3.8, 4) is 0 Å².